The van der Waals surface area contributed by atoms with Crippen LogP contribution in [0.4, 0.5) is 0 Å². The third-order valence-corrected chi connectivity index (χ3v) is 4.95. The molecule has 1 fully saturated rings. The summed E-state index contributed by atoms with van der Waals surface area (Å²) in [6.45, 7) is 11.0. The van der Waals surface area contributed by atoms with Gasteiger partial charge in [-0.25, -0.2) is 4.98 Å². The highest BCUT2D eigenvalue weighted by atomic mass is 32.1. The van der Waals surface area contributed by atoms with Gasteiger partial charge in [0.1, 0.15) is 0 Å². The van der Waals surface area contributed by atoms with E-state index in [0.717, 1.165) is 12.5 Å². The van der Waals surface area contributed by atoms with E-state index in [1.54, 1.807) is 0 Å². The number of aromatic nitrogens is 1. The molecule has 0 unspecified atom stereocenters. The second-order valence-corrected chi connectivity index (χ2v) is 6.65. The number of rotatable bonds is 5. The minimum atomic E-state index is 0.605. The molecule has 0 bridgehead atoms. The zero-order chi connectivity index (χ0) is 11.8. The van der Waals surface area contributed by atoms with Crippen LogP contribution in [0.3, 0.4) is 0 Å². The zero-order valence-corrected chi connectivity index (χ0v) is 11.6. The molecule has 2 nitrogen and oxygen atoms in total. The van der Waals surface area contributed by atoms with Crippen LogP contribution >= 0.6 is 11.3 Å². The van der Waals surface area contributed by atoms with Crippen molar-refractivity contribution in [3.05, 3.63) is 15.6 Å². The van der Waals surface area contributed by atoms with Crippen LogP contribution in [0.15, 0.2) is 0 Å². The van der Waals surface area contributed by atoms with Gasteiger partial charge in [-0.05, 0) is 38.0 Å². The van der Waals surface area contributed by atoms with Gasteiger partial charge >= 0.3 is 0 Å². The van der Waals surface area contributed by atoms with Crippen LogP contribution in [-0.4, -0.2) is 11.5 Å². The maximum Gasteiger partial charge on any atom is 0.0900 e. The van der Waals surface area contributed by atoms with Gasteiger partial charge in [0.25, 0.3) is 0 Å². The van der Waals surface area contributed by atoms with Gasteiger partial charge in [0.2, 0.25) is 0 Å². The lowest BCUT2D eigenvalue weighted by molar-refractivity contribution is 0.338. The molecule has 90 valence electrons. The highest BCUT2D eigenvalue weighted by Gasteiger charge is 2.44. The molecule has 16 heavy (non-hydrogen) atoms. The number of nitrogens with one attached hydrogen (secondary N) is 1. The van der Waals surface area contributed by atoms with E-state index in [1.165, 1.54) is 35.0 Å². The minimum Gasteiger partial charge on any atom is -0.311 e. The lowest BCUT2D eigenvalue weighted by atomic mass is 9.92. The Morgan fingerprint density at radius 1 is 1.38 bits per heavy atom. The molecule has 1 aromatic heterocycles. The summed E-state index contributed by atoms with van der Waals surface area (Å²) >= 11 is 1.82. The Morgan fingerprint density at radius 2 is 2.06 bits per heavy atom. The van der Waals surface area contributed by atoms with Crippen molar-refractivity contribution in [1.82, 2.24) is 10.3 Å². The van der Waals surface area contributed by atoms with E-state index in [2.05, 4.69) is 38.0 Å². The number of hydrogen-bond donors (Lipinski definition) is 1. The summed E-state index contributed by atoms with van der Waals surface area (Å²) in [6, 6.07) is 0. The van der Waals surface area contributed by atoms with Crippen molar-refractivity contribution in [2.45, 2.75) is 47.1 Å². The second kappa shape index (κ2) is 4.46. The molecule has 0 atom stereocenters. The van der Waals surface area contributed by atoms with Crippen LogP contribution in [0.2, 0.25) is 0 Å². The molecule has 0 amide bonds. The smallest absolute Gasteiger partial charge is 0.0900 e. The average molecular weight is 238 g/mol. The minimum absolute atomic E-state index is 0.605. The summed E-state index contributed by atoms with van der Waals surface area (Å²) in [4.78, 5) is 5.86. The van der Waals surface area contributed by atoms with E-state index in [9.17, 15) is 0 Å². The van der Waals surface area contributed by atoms with Crippen molar-refractivity contribution in [2.75, 3.05) is 6.54 Å². The molecular weight excluding hydrogens is 216 g/mol. The standard InChI is InChI=1S/C13H22N2S/c1-9(2)13(5-6-13)8-14-7-12-10(3)15-11(4)16-12/h9,14H,5-8H2,1-4H3. The maximum absolute atomic E-state index is 4.46. The van der Waals surface area contributed by atoms with E-state index < -0.39 is 0 Å². The summed E-state index contributed by atoms with van der Waals surface area (Å²) < 4.78 is 0. The largest absolute Gasteiger partial charge is 0.311 e. The van der Waals surface area contributed by atoms with Crippen LogP contribution in [-0.2, 0) is 6.54 Å². The normalized spacial score (nSPS) is 18.1. The van der Waals surface area contributed by atoms with Crippen molar-refractivity contribution in [3.63, 3.8) is 0 Å². The van der Waals surface area contributed by atoms with Gasteiger partial charge in [0, 0.05) is 18.0 Å². The second-order valence-electron chi connectivity index (χ2n) is 5.36. The molecule has 0 aliphatic heterocycles. The Balaban J connectivity index is 1.82. The highest BCUT2D eigenvalue weighted by molar-refractivity contribution is 7.11. The molecule has 1 saturated carbocycles. The number of nitrogens with zero attached hydrogens (tertiary/aromatic N) is 1. The summed E-state index contributed by atoms with van der Waals surface area (Å²) in [7, 11) is 0. The van der Waals surface area contributed by atoms with Crippen LogP contribution in [0, 0.1) is 25.2 Å². The first-order valence-electron chi connectivity index (χ1n) is 6.17. The van der Waals surface area contributed by atoms with E-state index in [0.29, 0.717) is 5.41 Å². The SMILES string of the molecule is Cc1nc(C)c(CNCC2(C(C)C)CC2)s1. The van der Waals surface area contributed by atoms with Crippen LogP contribution < -0.4 is 5.32 Å². The molecule has 3 heteroatoms. The van der Waals surface area contributed by atoms with Crippen molar-refractivity contribution in [1.29, 1.82) is 0 Å². The first kappa shape index (κ1) is 12.1. The first-order chi connectivity index (χ1) is 7.53. The van der Waals surface area contributed by atoms with Crippen LogP contribution in [0.25, 0.3) is 0 Å². The van der Waals surface area contributed by atoms with Crippen LogP contribution in [0.1, 0.15) is 42.3 Å². The quantitative estimate of drug-likeness (QED) is 0.851. The van der Waals surface area contributed by atoms with E-state index in [4.69, 9.17) is 0 Å². The molecule has 0 radical (unpaired) electrons. The van der Waals surface area contributed by atoms with Gasteiger partial charge in [0.15, 0.2) is 0 Å². The summed E-state index contributed by atoms with van der Waals surface area (Å²) in [5.41, 5.74) is 1.80. The lowest BCUT2D eigenvalue weighted by Crippen LogP contribution is -2.27. The van der Waals surface area contributed by atoms with Crippen molar-refractivity contribution >= 4 is 11.3 Å². The molecule has 1 heterocycles. The molecule has 0 spiro atoms. The summed E-state index contributed by atoms with van der Waals surface area (Å²) in [5.74, 6) is 0.810. The Bertz CT molecular complexity index is 364. The molecule has 1 N–H and O–H groups in total. The zero-order valence-electron chi connectivity index (χ0n) is 10.8. The van der Waals surface area contributed by atoms with Crippen molar-refractivity contribution < 1.29 is 0 Å². The van der Waals surface area contributed by atoms with Crippen molar-refractivity contribution in [3.8, 4) is 0 Å². The third-order valence-electron chi connectivity index (χ3n) is 3.88. The Kier molecular flexibility index (Phi) is 3.36. The predicted molar refractivity (Wildman–Crippen MR) is 69.8 cm³/mol. The van der Waals surface area contributed by atoms with Crippen molar-refractivity contribution in [2.24, 2.45) is 11.3 Å². The molecule has 2 rings (SSSR count). The van der Waals surface area contributed by atoms with E-state index in [1.807, 2.05) is 11.3 Å². The molecular formula is C13H22N2S. The molecule has 1 aliphatic rings. The van der Waals surface area contributed by atoms with E-state index >= 15 is 0 Å². The lowest BCUT2D eigenvalue weighted by Gasteiger charge is -2.19. The van der Waals surface area contributed by atoms with Crippen LogP contribution in [0.5, 0.6) is 0 Å². The monoisotopic (exact) mass is 238 g/mol. The Labute approximate surface area is 102 Å². The third kappa shape index (κ3) is 2.46. The molecule has 1 aromatic rings. The van der Waals surface area contributed by atoms with Gasteiger partial charge in [0.05, 0.1) is 10.7 Å². The first-order valence-corrected chi connectivity index (χ1v) is 6.99. The number of aryl methyl sites for hydroxylation is 2. The molecule has 0 aromatic carbocycles. The molecule has 0 saturated heterocycles. The average Bonchev–Trinajstić information content (AvgIpc) is 2.91. The Morgan fingerprint density at radius 3 is 2.50 bits per heavy atom. The highest BCUT2D eigenvalue weighted by Crippen LogP contribution is 2.51. The van der Waals surface area contributed by atoms with Gasteiger partial charge in [-0.15, -0.1) is 11.3 Å². The predicted octanol–water partition coefficient (Wildman–Crippen LogP) is 3.29. The summed E-state index contributed by atoms with van der Waals surface area (Å²) in [5, 5.41) is 4.79. The number of thiazole rings is 1. The fourth-order valence-electron chi connectivity index (χ4n) is 2.28. The fourth-order valence-corrected chi connectivity index (χ4v) is 3.19. The van der Waals surface area contributed by atoms with Gasteiger partial charge in [-0.2, -0.15) is 0 Å². The maximum atomic E-state index is 4.46. The van der Waals surface area contributed by atoms with Gasteiger partial charge in [-0.1, -0.05) is 13.8 Å². The Hall–Kier alpha value is -0.410. The van der Waals surface area contributed by atoms with Gasteiger partial charge in [-0.3, -0.25) is 0 Å². The molecule has 1 aliphatic carbocycles. The number of hydrogen-bond acceptors (Lipinski definition) is 3. The van der Waals surface area contributed by atoms with E-state index in [-0.39, 0.29) is 0 Å². The van der Waals surface area contributed by atoms with Gasteiger partial charge < -0.3 is 5.32 Å². The topological polar surface area (TPSA) is 24.9 Å². The summed E-state index contributed by atoms with van der Waals surface area (Å²) in [6.07, 6.45) is 2.80. The fraction of sp³-hybridized carbons (Fsp3) is 0.769.